The van der Waals surface area contributed by atoms with Gasteiger partial charge < -0.3 is 15.2 Å². The molecule has 1 amide bonds. The third kappa shape index (κ3) is 6.49. The van der Waals surface area contributed by atoms with Crippen LogP contribution in [0.3, 0.4) is 0 Å². The average Bonchev–Trinajstić information content (AvgIpc) is 3.35. The number of thiazole rings is 1. The smallest absolute Gasteiger partial charge is 0.240 e. The van der Waals surface area contributed by atoms with E-state index in [2.05, 4.69) is 14.7 Å². The molecule has 0 fully saturated rings. The monoisotopic (exact) mass is 595 g/mol. The molecule has 0 saturated heterocycles. The molecule has 0 atom stereocenters. The van der Waals surface area contributed by atoms with Gasteiger partial charge in [-0.2, -0.15) is 0 Å². The molecule has 41 heavy (non-hydrogen) atoms. The topological polar surface area (TPSA) is 146 Å². The molecule has 13 heteroatoms. The molecule has 3 N–H and O–H groups in total. The van der Waals surface area contributed by atoms with Crippen LogP contribution in [0.4, 0.5) is 4.39 Å². The molecule has 212 valence electrons. The normalized spacial score (nSPS) is 11.8. The number of amides is 1. The molecule has 0 saturated carbocycles. The number of benzene rings is 3. The molecule has 2 aromatic heterocycles. The Kier molecular flexibility index (Phi) is 8.22. The van der Waals surface area contributed by atoms with Crippen molar-refractivity contribution in [3.05, 3.63) is 77.4 Å². The van der Waals surface area contributed by atoms with Crippen molar-refractivity contribution in [3.63, 3.8) is 0 Å². The quantitative estimate of drug-likeness (QED) is 0.219. The maximum Gasteiger partial charge on any atom is 0.240 e. The highest BCUT2D eigenvalue weighted by Crippen LogP contribution is 2.37. The van der Waals surface area contributed by atoms with Gasteiger partial charge in [-0.3, -0.25) is 9.78 Å². The van der Waals surface area contributed by atoms with E-state index < -0.39 is 21.7 Å². The van der Waals surface area contributed by atoms with E-state index in [1.807, 2.05) is 25.1 Å². The molecule has 0 aliphatic rings. The van der Waals surface area contributed by atoms with Gasteiger partial charge in [-0.25, -0.2) is 27.5 Å². The molecule has 0 spiro atoms. The fourth-order valence-electron chi connectivity index (χ4n) is 4.31. The maximum absolute atomic E-state index is 13.1. The van der Waals surface area contributed by atoms with Gasteiger partial charge in [-0.05, 0) is 66.6 Å². The Morgan fingerprint density at radius 3 is 2.61 bits per heavy atom. The zero-order valence-corrected chi connectivity index (χ0v) is 23.8. The van der Waals surface area contributed by atoms with Crippen LogP contribution in [-0.4, -0.2) is 49.5 Å². The second-order valence-corrected chi connectivity index (χ2v) is 12.1. The summed E-state index contributed by atoms with van der Waals surface area (Å²) in [5.41, 5.74) is 10.5. The molecule has 3 aromatic carbocycles. The number of carbonyl (C=O) groups excluding carboxylic acids is 1. The molecule has 5 aromatic rings. The number of fused-ring (bicyclic) bond motifs is 2. The van der Waals surface area contributed by atoms with Gasteiger partial charge in [0.1, 0.15) is 23.2 Å². The number of carbonyl (C=O) groups is 1. The number of nitrogens with zero attached hydrogens (tertiary/aromatic N) is 3. The number of hydrogen-bond donors (Lipinski definition) is 2. The summed E-state index contributed by atoms with van der Waals surface area (Å²) in [4.78, 5) is 25.8. The SMILES string of the molecule is COCc1cnc2c(-c3nc4c(C)cc(OCCNS(=O)(=O)c5ccc(F)cc5)cc4s3)cc(CC(N)=O)cc2n1. The van der Waals surface area contributed by atoms with Crippen LogP contribution < -0.4 is 15.2 Å². The van der Waals surface area contributed by atoms with Crippen molar-refractivity contribution < 1.29 is 27.1 Å². The van der Waals surface area contributed by atoms with E-state index in [9.17, 15) is 17.6 Å². The number of primary amides is 1. The Balaban J connectivity index is 1.39. The highest BCUT2D eigenvalue weighted by molar-refractivity contribution is 7.89. The summed E-state index contributed by atoms with van der Waals surface area (Å²) in [6.45, 7) is 2.31. The standard InChI is InChI=1S/C28H26FN5O5S2/c1-16-9-20(39-8-7-32-41(36,37)21-5-3-18(29)4-6-21)13-24-26(16)34-28(40-24)22-10-17(12-25(30)35)11-23-27(22)31-14-19(33-23)15-38-2/h3-6,9-11,13-14,32H,7-8,12,15H2,1-2H3,(H2,30,35). The van der Waals surface area contributed by atoms with Gasteiger partial charge in [0.2, 0.25) is 15.9 Å². The average molecular weight is 596 g/mol. The minimum absolute atomic E-state index is 0.0209. The van der Waals surface area contributed by atoms with E-state index in [-0.39, 0.29) is 24.5 Å². The molecule has 10 nitrogen and oxygen atoms in total. The second-order valence-electron chi connectivity index (χ2n) is 9.25. The van der Waals surface area contributed by atoms with Crippen LogP contribution in [-0.2, 0) is 32.6 Å². The lowest BCUT2D eigenvalue weighted by Gasteiger charge is -2.09. The lowest BCUT2D eigenvalue weighted by Crippen LogP contribution is -2.28. The van der Waals surface area contributed by atoms with Crippen LogP contribution in [0.2, 0.25) is 0 Å². The van der Waals surface area contributed by atoms with Crippen LogP contribution in [0.25, 0.3) is 31.8 Å². The van der Waals surface area contributed by atoms with Crippen molar-refractivity contribution in [3.8, 4) is 16.3 Å². The zero-order chi connectivity index (χ0) is 29.1. The zero-order valence-electron chi connectivity index (χ0n) is 22.2. The summed E-state index contributed by atoms with van der Waals surface area (Å²) < 4.78 is 52.3. The van der Waals surface area contributed by atoms with Crippen LogP contribution >= 0.6 is 11.3 Å². The maximum atomic E-state index is 13.1. The highest BCUT2D eigenvalue weighted by atomic mass is 32.2. The number of aryl methyl sites for hydroxylation is 1. The van der Waals surface area contributed by atoms with E-state index in [4.69, 9.17) is 20.2 Å². The molecule has 2 heterocycles. The van der Waals surface area contributed by atoms with Crippen LogP contribution in [0.1, 0.15) is 16.8 Å². The molecular formula is C28H26FN5O5S2. The lowest BCUT2D eigenvalue weighted by atomic mass is 10.1. The first-order chi connectivity index (χ1) is 19.6. The summed E-state index contributed by atoms with van der Waals surface area (Å²) in [5, 5.41) is 0.692. The Morgan fingerprint density at radius 1 is 1.10 bits per heavy atom. The number of nitrogens with two attached hydrogens (primary N) is 1. The number of methoxy groups -OCH3 is 1. The number of halogens is 1. The predicted molar refractivity (Wildman–Crippen MR) is 154 cm³/mol. The van der Waals surface area contributed by atoms with Crippen molar-refractivity contribution >= 4 is 48.5 Å². The van der Waals surface area contributed by atoms with Gasteiger partial charge in [0.15, 0.2) is 0 Å². The van der Waals surface area contributed by atoms with Gasteiger partial charge in [0, 0.05) is 19.2 Å². The van der Waals surface area contributed by atoms with Crippen molar-refractivity contribution in [1.82, 2.24) is 19.7 Å². The van der Waals surface area contributed by atoms with Gasteiger partial charge in [-0.15, -0.1) is 11.3 Å². The number of nitrogens with one attached hydrogen (secondary N) is 1. The van der Waals surface area contributed by atoms with E-state index in [1.165, 1.54) is 23.5 Å². The van der Waals surface area contributed by atoms with Gasteiger partial charge in [0.05, 0.1) is 51.1 Å². The Hall–Kier alpha value is -4.04. The molecule has 0 aliphatic heterocycles. The van der Waals surface area contributed by atoms with Crippen molar-refractivity contribution in [2.24, 2.45) is 5.73 Å². The van der Waals surface area contributed by atoms with Crippen molar-refractivity contribution in [1.29, 1.82) is 0 Å². The Labute approximate surface area is 239 Å². The largest absolute Gasteiger partial charge is 0.492 e. The van der Waals surface area contributed by atoms with Crippen molar-refractivity contribution in [2.75, 3.05) is 20.3 Å². The molecule has 0 aliphatic carbocycles. The molecular weight excluding hydrogens is 569 g/mol. The fourth-order valence-corrected chi connectivity index (χ4v) is 6.41. The minimum atomic E-state index is -3.79. The van der Waals surface area contributed by atoms with Gasteiger partial charge in [0.25, 0.3) is 0 Å². The molecule has 0 radical (unpaired) electrons. The first kappa shape index (κ1) is 28.5. The van der Waals surface area contributed by atoms with Gasteiger partial charge in [-0.1, -0.05) is 0 Å². The summed E-state index contributed by atoms with van der Waals surface area (Å²) in [6, 6.07) is 11.9. The summed E-state index contributed by atoms with van der Waals surface area (Å²) in [7, 11) is -2.21. The number of hydrogen-bond acceptors (Lipinski definition) is 9. The minimum Gasteiger partial charge on any atom is -0.492 e. The summed E-state index contributed by atoms with van der Waals surface area (Å²) in [6.07, 6.45) is 1.70. The third-order valence-corrected chi connectivity index (χ3v) is 8.62. The Bertz CT molecular complexity index is 1860. The van der Waals surface area contributed by atoms with Gasteiger partial charge >= 0.3 is 0 Å². The fraction of sp³-hybridized carbons (Fsp3) is 0.214. The molecule has 5 rings (SSSR count). The van der Waals surface area contributed by atoms with E-state index in [0.717, 1.165) is 33.5 Å². The lowest BCUT2D eigenvalue weighted by molar-refractivity contribution is -0.117. The van der Waals surface area contributed by atoms with E-state index in [0.29, 0.717) is 39.7 Å². The molecule has 0 bridgehead atoms. The number of rotatable bonds is 11. The van der Waals surface area contributed by atoms with Crippen LogP contribution in [0.15, 0.2) is 59.6 Å². The van der Waals surface area contributed by atoms with Crippen LogP contribution in [0.5, 0.6) is 5.75 Å². The Morgan fingerprint density at radius 2 is 1.88 bits per heavy atom. The van der Waals surface area contributed by atoms with Crippen LogP contribution in [0, 0.1) is 12.7 Å². The highest BCUT2D eigenvalue weighted by Gasteiger charge is 2.17. The number of ether oxygens (including phenoxy) is 2. The van der Waals surface area contributed by atoms with E-state index in [1.54, 1.807) is 19.4 Å². The first-order valence-corrected chi connectivity index (χ1v) is 14.8. The predicted octanol–water partition coefficient (Wildman–Crippen LogP) is 3.89. The van der Waals surface area contributed by atoms with E-state index >= 15 is 0 Å². The summed E-state index contributed by atoms with van der Waals surface area (Å²) in [5.74, 6) is -0.416. The number of sulfonamides is 1. The third-order valence-electron chi connectivity index (χ3n) is 6.10. The summed E-state index contributed by atoms with van der Waals surface area (Å²) >= 11 is 1.44. The number of aromatic nitrogens is 3. The van der Waals surface area contributed by atoms with Crippen molar-refractivity contribution in [2.45, 2.75) is 24.8 Å². The molecule has 0 unspecified atom stereocenters. The first-order valence-electron chi connectivity index (χ1n) is 12.5. The second kappa shape index (κ2) is 11.8.